The average Bonchev–Trinajstić information content (AvgIpc) is 3.19. The number of hydrogen-bond acceptors (Lipinski definition) is 4. The van der Waals surface area contributed by atoms with Crippen molar-refractivity contribution in [2.75, 3.05) is 13.1 Å². The molecule has 3 N–H and O–H groups in total. The number of aromatic nitrogens is 4. The van der Waals surface area contributed by atoms with E-state index < -0.39 is 0 Å². The second kappa shape index (κ2) is 5.57. The summed E-state index contributed by atoms with van der Waals surface area (Å²) in [5.41, 5.74) is 9.94. The highest BCUT2D eigenvalue weighted by Gasteiger charge is 2.29. The number of nitrogens with two attached hydrogens (primary N) is 1. The molecular formula is C15H22N6O. The maximum Gasteiger partial charge on any atom is 0.272 e. The van der Waals surface area contributed by atoms with Gasteiger partial charge in [-0.25, -0.2) is 0 Å². The lowest BCUT2D eigenvalue weighted by molar-refractivity contribution is 0.0735. The molecule has 3 rings (SSSR count). The molecule has 1 atom stereocenters. The first-order valence-electron chi connectivity index (χ1n) is 7.60. The van der Waals surface area contributed by atoms with Crippen LogP contribution < -0.4 is 5.73 Å². The molecule has 1 aliphatic heterocycles. The van der Waals surface area contributed by atoms with Crippen LogP contribution in [-0.4, -0.2) is 49.9 Å². The lowest BCUT2D eigenvalue weighted by Gasteiger charge is -2.22. The van der Waals surface area contributed by atoms with Crippen molar-refractivity contribution in [2.45, 2.75) is 32.7 Å². The number of carbonyl (C=O) groups is 1. The molecule has 1 aliphatic rings. The van der Waals surface area contributed by atoms with Crippen molar-refractivity contribution >= 4 is 5.91 Å². The number of amides is 1. The Hall–Kier alpha value is -2.15. The van der Waals surface area contributed by atoms with Gasteiger partial charge in [0.25, 0.3) is 5.91 Å². The largest absolute Gasteiger partial charge is 0.333 e. The van der Waals surface area contributed by atoms with Crippen molar-refractivity contribution in [1.29, 1.82) is 0 Å². The van der Waals surface area contributed by atoms with Gasteiger partial charge >= 0.3 is 0 Å². The van der Waals surface area contributed by atoms with Gasteiger partial charge < -0.3 is 10.6 Å². The van der Waals surface area contributed by atoms with E-state index in [1.165, 1.54) is 0 Å². The Bertz CT molecular complexity index is 701. The van der Waals surface area contributed by atoms with Crippen LogP contribution in [0.4, 0.5) is 0 Å². The summed E-state index contributed by atoms with van der Waals surface area (Å²) >= 11 is 0. The van der Waals surface area contributed by atoms with Crippen LogP contribution in [0.2, 0.25) is 0 Å². The van der Waals surface area contributed by atoms with Crippen LogP contribution >= 0.6 is 0 Å². The van der Waals surface area contributed by atoms with Crippen molar-refractivity contribution in [2.24, 2.45) is 12.8 Å². The Morgan fingerprint density at radius 3 is 2.91 bits per heavy atom. The maximum atomic E-state index is 12.6. The SMILES string of the molecule is Cc1nn(C)c(C)c1-c1cc(C(=O)N2CCCC2CN)[nH]n1. The second-order valence-corrected chi connectivity index (χ2v) is 5.87. The molecule has 0 saturated carbocycles. The van der Waals surface area contributed by atoms with Gasteiger partial charge in [0.05, 0.1) is 11.4 Å². The first-order valence-corrected chi connectivity index (χ1v) is 7.60. The first kappa shape index (κ1) is 14.8. The normalized spacial score (nSPS) is 18.2. The van der Waals surface area contributed by atoms with E-state index in [0.717, 1.165) is 42.0 Å². The van der Waals surface area contributed by atoms with Crippen molar-refractivity contribution in [1.82, 2.24) is 24.9 Å². The summed E-state index contributed by atoms with van der Waals surface area (Å²) in [5.74, 6) is -0.0223. The molecule has 3 heterocycles. The molecule has 7 nitrogen and oxygen atoms in total. The van der Waals surface area contributed by atoms with E-state index in [4.69, 9.17) is 5.73 Å². The third-order valence-corrected chi connectivity index (χ3v) is 4.48. The molecule has 1 unspecified atom stereocenters. The van der Waals surface area contributed by atoms with Crippen LogP contribution in [0.3, 0.4) is 0 Å². The van der Waals surface area contributed by atoms with Gasteiger partial charge in [-0.3, -0.25) is 14.6 Å². The molecule has 0 radical (unpaired) electrons. The molecule has 2 aromatic heterocycles. The maximum absolute atomic E-state index is 12.6. The number of rotatable bonds is 3. The van der Waals surface area contributed by atoms with Crippen LogP contribution in [0.15, 0.2) is 6.07 Å². The average molecular weight is 302 g/mol. The fourth-order valence-corrected chi connectivity index (χ4v) is 3.21. The lowest BCUT2D eigenvalue weighted by atomic mass is 10.1. The minimum absolute atomic E-state index is 0.0223. The van der Waals surface area contributed by atoms with E-state index in [0.29, 0.717) is 12.2 Å². The highest BCUT2D eigenvalue weighted by molar-refractivity contribution is 5.94. The van der Waals surface area contributed by atoms with Gasteiger partial charge in [0.15, 0.2) is 0 Å². The number of aryl methyl sites for hydroxylation is 2. The van der Waals surface area contributed by atoms with E-state index >= 15 is 0 Å². The summed E-state index contributed by atoms with van der Waals surface area (Å²) in [7, 11) is 1.90. The monoisotopic (exact) mass is 302 g/mol. The summed E-state index contributed by atoms with van der Waals surface area (Å²) in [5, 5.41) is 11.6. The number of hydrogen-bond donors (Lipinski definition) is 2. The molecule has 0 aliphatic carbocycles. The number of nitrogens with one attached hydrogen (secondary N) is 1. The Morgan fingerprint density at radius 2 is 2.27 bits per heavy atom. The molecule has 1 saturated heterocycles. The Labute approximate surface area is 129 Å². The quantitative estimate of drug-likeness (QED) is 0.884. The smallest absolute Gasteiger partial charge is 0.272 e. The predicted octanol–water partition coefficient (Wildman–Crippen LogP) is 0.990. The molecule has 0 bridgehead atoms. The van der Waals surface area contributed by atoms with Gasteiger partial charge in [-0.2, -0.15) is 10.2 Å². The molecule has 2 aromatic rings. The third kappa shape index (κ3) is 2.31. The standard InChI is InChI=1S/C15H22N6O/c1-9-14(10(2)20(3)19-9)12-7-13(18-17-12)15(22)21-6-4-5-11(21)8-16/h7,11H,4-6,8,16H2,1-3H3,(H,17,18). The molecule has 1 amide bonds. The van der Waals surface area contributed by atoms with E-state index in [1.807, 2.05) is 36.5 Å². The highest BCUT2D eigenvalue weighted by Crippen LogP contribution is 2.26. The zero-order valence-electron chi connectivity index (χ0n) is 13.3. The third-order valence-electron chi connectivity index (χ3n) is 4.48. The van der Waals surface area contributed by atoms with Crippen molar-refractivity contribution in [3.8, 4) is 11.3 Å². The summed E-state index contributed by atoms with van der Waals surface area (Å²) in [4.78, 5) is 14.5. The van der Waals surface area contributed by atoms with Crippen molar-refractivity contribution < 1.29 is 4.79 Å². The summed E-state index contributed by atoms with van der Waals surface area (Å²) < 4.78 is 1.83. The van der Waals surface area contributed by atoms with Crippen LogP contribution in [0.25, 0.3) is 11.3 Å². The Morgan fingerprint density at radius 1 is 1.50 bits per heavy atom. The topological polar surface area (TPSA) is 92.8 Å². The van der Waals surface area contributed by atoms with Gasteiger partial charge in [-0.15, -0.1) is 0 Å². The van der Waals surface area contributed by atoms with E-state index in [-0.39, 0.29) is 11.9 Å². The fraction of sp³-hybridized carbons (Fsp3) is 0.533. The van der Waals surface area contributed by atoms with E-state index in [2.05, 4.69) is 15.3 Å². The zero-order chi connectivity index (χ0) is 15.9. The zero-order valence-corrected chi connectivity index (χ0v) is 13.3. The van der Waals surface area contributed by atoms with E-state index in [1.54, 1.807) is 0 Å². The fourth-order valence-electron chi connectivity index (χ4n) is 3.21. The summed E-state index contributed by atoms with van der Waals surface area (Å²) in [6.07, 6.45) is 1.99. The molecule has 118 valence electrons. The van der Waals surface area contributed by atoms with Crippen LogP contribution in [0, 0.1) is 13.8 Å². The number of likely N-dealkylation sites (tertiary alicyclic amines) is 1. The van der Waals surface area contributed by atoms with Gasteiger partial charge in [0.1, 0.15) is 5.69 Å². The first-order chi connectivity index (χ1) is 10.5. The molecule has 1 fully saturated rings. The predicted molar refractivity (Wildman–Crippen MR) is 83.4 cm³/mol. The Kier molecular flexibility index (Phi) is 3.74. The number of carbonyl (C=O) groups excluding carboxylic acids is 1. The van der Waals surface area contributed by atoms with Crippen LogP contribution in [0.1, 0.15) is 34.7 Å². The van der Waals surface area contributed by atoms with Crippen LogP contribution in [0.5, 0.6) is 0 Å². The van der Waals surface area contributed by atoms with Gasteiger partial charge in [0.2, 0.25) is 0 Å². The Balaban J connectivity index is 1.89. The number of nitrogens with zero attached hydrogens (tertiary/aromatic N) is 4. The summed E-state index contributed by atoms with van der Waals surface area (Å²) in [6.45, 7) is 5.22. The molecule has 0 spiro atoms. The minimum atomic E-state index is -0.0223. The van der Waals surface area contributed by atoms with Crippen molar-refractivity contribution in [3.63, 3.8) is 0 Å². The highest BCUT2D eigenvalue weighted by atomic mass is 16.2. The van der Waals surface area contributed by atoms with Gasteiger partial charge in [-0.1, -0.05) is 0 Å². The summed E-state index contributed by atoms with van der Waals surface area (Å²) in [6, 6.07) is 1.95. The second-order valence-electron chi connectivity index (χ2n) is 5.87. The van der Waals surface area contributed by atoms with E-state index in [9.17, 15) is 4.79 Å². The molecular weight excluding hydrogens is 280 g/mol. The number of aromatic amines is 1. The van der Waals surface area contributed by atoms with Gasteiger partial charge in [0, 0.05) is 37.4 Å². The van der Waals surface area contributed by atoms with Crippen LogP contribution in [-0.2, 0) is 7.05 Å². The minimum Gasteiger partial charge on any atom is -0.333 e. The lowest BCUT2D eigenvalue weighted by Crippen LogP contribution is -2.40. The molecule has 7 heteroatoms. The number of H-pyrrole nitrogens is 1. The van der Waals surface area contributed by atoms with Crippen molar-refractivity contribution in [3.05, 3.63) is 23.1 Å². The van der Waals surface area contributed by atoms with Gasteiger partial charge in [-0.05, 0) is 32.8 Å². The molecule has 22 heavy (non-hydrogen) atoms. The molecule has 0 aromatic carbocycles.